The largest absolute Gasteiger partial charge is 0.497 e. The minimum atomic E-state index is -0.722. The summed E-state index contributed by atoms with van der Waals surface area (Å²) >= 11 is 1.87. The number of likely N-dealkylation sites (tertiary alicyclic amines) is 1. The molecule has 0 radical (unpaired) electrons. The van der Waals surface area contributed by atoms with Crippen LogP contribution in [0.5, 0.6) is 5.75 Å². The Labute approximate surface area is 195 Å². The van der Waals surface area contributed by atoms with Gasteiger partial charge in [-0.1, -0.05) is 0 Å². The second-order valence-electron chi connectivity index (χ2n) is 8.76. The number of hydrogen-bond acceptors (Lipinski definition) is 6. The number of benzene rings is 1. The van der Waals surface area contributed by atoms with Crippen molar-refractivity contribution in [3.8, 4) is 5.75 Å². The van der Waals surface area contributed by atoms with Gasteiger partial charge in [-0.3, -0.25) is 9.78 Å². The maximum absolute atomic E-state index is 11.2. The summed E-state index contributed by atoms with van der Waals surface area (Å²) in [5, 5.41) is 21.2. The molecule has 2 heterocycles. The number of fused-ring (bicyclic) bond motifs is 1. The predicted molar refractivity (Wildman–Crippen MR) is 130 cm³/mol. The van der Waals surface area contributed by atoms with Gasteiger partial charge in [-0.25, -0.2) is 0 Å². The number of rotatable bonds is 12. The number of aliphatic carboxylic acids is 1. The Balaban J connectivity index is 1.64. The number of ether oxygens (including phenoxy) is 1. The molecule has 2 N–H and O–H groups in total. The Morgan fingerprint density at radius 2 is 2.16 bits per heavy atom. The quantitative estimate of drug-likeness (QED) is 0.448. The van der Waals surface area contributed by atoms with Crippen molar-refractivity contribution in [2.75, 3.05) is 38.8 Å². The van der Waals surface area contributed by atoms with Gasteiger partial charge in [-0.2, -0.15) is 11.8 Å². The fraction of sp³-hybridized carbons (Fsp3) is 0.600. The molecule has 0 spiro atoms. The number of nitrogens with zero attached hydrogens (tertiary/aromatic N) is 2. The van der Waals surface area contributed by atoms with Crippen molar-refractivity contribution in [3.05, 3.63) is 36.0 Å². The zero-order valence-corrected chi connectivity index (χ0v) is 20.0. The highest BCUT2D eigenvalue weighted by molar-refractivity contribution is 7.98. The Morgan fingerprint density at radius 3 is 2.91 bits per heavy atom. The summed E-state index contributed by atoms with van der Waals surface area (Å²) in [6, 6.07) is 7.62. The first kappa shape index (κ1) is 24.8. The summed E-state index contributed by atoms with van der Waals surface area (Å²) in [5.41, 5.74) is 1.73. The summed E-state index contributed by atoms with van der Waals surface area (Å²) in [7, 11) is 1.64. The third kappa shape index (κ3) is 6.83. The molecular weight excluding hydrogens is 424 g/mol. The summed E-state index contributed by atoms with van der Waals surface area (Å²) in [6.07, 6.45) is 8.05. The maximum atomic E-state index is 11.2. The van der Waals surface area contributed by atoms with Gasteiger partial charge >= 0.3 is 5.97 Å². The molecule has 1 aliphatic rings. The molecule has 176 valence electrons. The monoisotopic (exact) mass is 460 g/mol. The van der Waals surface area contributed by atoms with Crippen LogP contribution in [0.2, 0.25) is 0 Å². The molecule has 7 heteroatoms. The number of piperidine rings is 1. The van der Waals surface area contributed by atoms with Crippen molar-refractivity contribution < 1.29 is 19.7 Å². The number of carbonyl (C=O) groups is 1. The number of carboxylic acids is 1. The Hall–Kier alpha value is -1.83. The molecule has 0 aliphatic carbocycles. The van der Waals surface area contributed by atoms with E-state index < -0.39 is 12.1 Å². The molecule has 3 rings (SSSR count). The van der Waals surface area contributed by atoms with E-state index in [0.29, 0.717) is 24.7 Å². The number of aliphatic hydroxyl groups excluding tert-OH is 1. The normalized spacial score (nSPS) is 20.3. The molecule has 1 aromatic carbocycles. The fourth-order valence-corrected chi connectivity index (χ4v) is 5.32. The zero-order valence-electron chi connectivity index (χ0n) is 19.2. The first-order valence-corrected chi connectivity index (χ1v) is 12.9. The Kier molecular flexibility index (Phi) is 9.63. The number of aliphatic hydroxyl groups is 1. The van der Waals surface area contributed by atoms with Crippen LogP contribution < -0.4 is 4.74 Å². The van der Waals surface area contributed by atoms with Crippen LogP contribution in [0.3, 0.4) is 0 Å². The van der Waals surface area contributed by atoms with Crippen LogP contribution in [0.25, 0.3) is 10.9 Å². The van der Waals surface area contributed by atoms with Gasteiger partial charge in [-0.05, 0) is 98.9 Å². The van der Waals surface area contributed by atoms with Crippen LogP contribution in [-0.4, -0.2) is 64.8 Å². The van der Waals surface area contributed by atoms with Crippen molar-refractivity contribution >= 4 is 28.6 Å². The van der Waals surface area contributed by atoms with E-state index in [-0.39, 0.29) is 6.42 Å². The average molecular weight is 461 g/mol. The third-order valence-corrected chi connectivity index (χ3v) is 7.38. The van der Waals surface area contributed by atoms with E-state index in [1.54, 1.807) is 13.3 Å². The number of methoxy groups -OCH3 is 1. The van der Waals surface area contributed by atoms with Gasteiger partial charge < -0.3 is 19.8 Å². The molecule has 6 nitrogen and oxygen atoms in total. The minimum absolute atomic E-state index is 0.219. The first-order chi connectivity index (χ1) is 15.5. The lowest BCUT2D eigenvalue weighted by molar-refractivity contribution is -0.137. The molecule has 32 heavy (non-hydrogen) atoms. The minimum Gasteiger partial charge on any atom is -0.497 e. The van der Waals surface area contributed by atoms with Crippen molar-refractivity contribution in [1.82, 2.24) is 9.88 Å². The van der Waals surface area contributed by atoms with E-state index in [1.165, 1.54) is 6.42 Å². The average Bonchev–Trinajstić information content (AvgIpc) is 2.81. The molecule has 1 aliphatic heterocycles. The number of aromatic nitrogens is 1. The SMILES string of the molecule is COc1ccc2nccc([C@H](O)CC[C@@H]3CCN(CCCSC)C[C@H]3CCC(=O)O)c2c1. The Morgan fingerprint density at radius 1 is 1.31 bits per heavy atom. The van der Waals surface area contributed by atoms with Crippen molar-refractivity contribution in [3.63, 3.8) is 0 Å². The molecule has 0 saturated carbocycles. The molecule has 0 unspecified atom stereocenters. The zero-order chi connectivity index (χ0) is 22.9. The molecule has 0 amide bonds. The fourth-order valence-electron chi connectivity index (χ4n) is 4.90. The number of carboxylic acid groups (broad SMARTS) is 1. The highest BCUT2D eigenvalue weighted by Crippen LogP contribution is 2.35. The number of pyridine rings is 1. The van der Waals surface area contributed by atoms with E-state index in [2.05, 4.69) is 16.1 Å². The summed E-state index contributed by atoms with van der Waals surface area (Å²) in [5.74, 6) is 2.01. The van der Waals surface area contributed by atoms with Gasteiger partial charge in [0.1, 0.15) is 5.75 Å². The number of hydrogen-bond donors (Lipinski definition) is 2. The van der Waals surface area contributed by atoms with E-state index in [4.69, 9.17) is 4.74 Å². The Bertz CT molecular complexity index is 878. The second kappa shape index (κ2) is 12.4. The second-order valence-corrected chi connectivity index (χ2v) is 9.75. The van der Waals surface area contributed by atoms with E-state index in [9.17, 15) is 15.0 Å². The van der Waals surface area contributed by atoms with Gasteiger partial charge in [0.25, 0.3) is 0 Å². The van der Waals surface area contributed by atoms with Gasteiger partial charge in [-0.15, -0.1) is 0 Å². The lowest BCUT2D eigenvalue weighted by atomic mass is 9.79. The predicted octanol–water partition coefficient (Wildman–Crippen LogP) is 4.61. The van der Waals surface area contributed by atoms with Crippen molar-refractivity contribution in [2.45, 2.75) is 44.6 Å². The summed E-state index contributed by atoms with van der Waals surface area (Å²) in [6.45, 7) is 3.12. The molecular formula is C25H36N2O4S. The van der Waals surface area contributed by atoms with Crippen molar-refractivity contribution in [1.29, 1.82) is 0 Å². The molecule has 1 saturated heterocycles. The van der Waals surface area contributed by atoms with Crippen LogP contribution in [0, 0.1) is 11.8 Å². The van der Waals surface area contributed by atoms with E-state index >= 15 is 0 Å². The van der Waals surface area contributed by atoms with Crippen LogP contribution in [0.4, 0.5) is 0 Å². The highest BCUT2D eigenvalue weighted by atomic mass is 32.2. The van der Waals surface area contributed by atoms with E-state index in [0.717, 1.165) is 60.4 Å². The summed E-state index contributed by atoms with van der Waals surface area (Å²) < 4.78 is 5.35. The van der Waals surface area contributed by atoms with E-state index in [1.807, 2.05) is 36.0 Å². The van der Waals surface area contributed by atoms with Crippen LogP contribution >= 0.6 is 11.8 Å². The molecule has 0 bridgehead atoms. The standard InChI is InChI=1S/C25H36N2O4S/c1-31-20-6-7-23-22(16-20)21(10-12-26-23)24(28)8-4-18-11-14-27(13-3-15-32-2)17-19(18)5-9-25(29)30/h6-7,10,12,16,18-19,24,28H,3-5,8-9,11,13-15,17H2,1-2H3,(H,29,30)/t18-,19-,24-/m1/s1. The summed E-state index contributed by atoms with van der Waals surface area (Å²) in [4.78, 5) is 18.1. The molecule has 1 fully saturated rings. The van der Waals surface area contributed by atoms with Crippen molar-refractivity contribution in [2.24, 2.45) is 11.8 Å². The van der Waals surface area contributed by atoms with Gasteiger partial charge in [0, 0.05) is 24.5 Å². The molecule has 1 aromatic heterocycles. The van der Waals surface area contributed by atoms with Crippen LogP contribution in [-0.2, 0) is 4.79 Å². The third-order valence-electron chi connectivity index (χ3n) is 6.68. The first-order valence-electron chi connectivity index (χ1n) is 11.6. The lowest BCUT2D eigenvalue weighted by Gasteiger charge is -2.39. The highest BCUT2D eigenvalue weighted by Gasteiger charge is 2.30. The molecule has 3 atom stereocenters. The molecule has 2 aromatic rings. The smallest absolute Gasteiger partial charge is 0.303 e. The van der Waals surface area contributed by atoms with Gasteiger partial charge in [0.15, 0.2) is 0 Å². The van der Waals surface area contributed by atoms with Crippen LogP contribution in [0.1, 0.15) is 50.2 Å². The maximum Gasteiger partial charge on any atom is 0.303 e. The van der Waals surface area contributed by atoms with Gasteiger partial charge in [0.05, 0.1) is 18.7 Å². The van der Waals surface area contributed by atoms with Crippen LogP contribution in [0.15, 0.2) is 30.5 Å². The van der Waals surface area contributed by atoms with Gasteiger partial charge in [0.2, 0.25) is 0 Å². The topological polar surface area (TPSA) is 82.9 Å². The number of thioether (sulfide) groups is 1. The lowest BCUT2D eigenvalue weighted by Crippen LogP contribution is -2.41.